The van der Waals surface area contributed by atoms with E-state index in [-0.39, 0.29) is 29.7 Å². The van der Waals surface area contributed by atoms with Crippen LogP contribution in [-0.2, 0) is 14.8 Å². The second-order valence-corrected chi connectivity index (χ2v) is 6.67. The predicted molar refractivity (Wildman–Crippen MR) is 73.0 cm³/mol. The Bertz CT molecular complexity index is 629. The number of carbonyl (C=O) groups is 1. The minimum absolute atomic E-state index is 0.182. The molecule has 1 saturated heterocycles. The van der Waals surface area contributed by atoms with Gasteiger partial charge in [0.1, 0.15) is 5.54 Å². The lowest BCUT2D eigenvalue weighted by molar-refractivity contribution is -0.131. The van der Waals surface area contributed by atoms with E-state index in [0.29, 0.717) is 0 Å². The normalized spacial score (nSPS) is 19.4. The summed E-state index contributed by atoms with van der Waals surface area (Å²) in [7, 11) is -3.93. The molecule has 1 aromatic rings. The van der Waals surface area contributed by atoms with Gasteiger partial charge in [0.2, 0.25) is 5.91 Å². The molecule has 1 aliphatic heterocycles. The number of nitrogens with zero attached hydrogens (tertiary/aromatic N) is 2. The summed E-state index contributed by atoms with van der Waals surface area (Å²) in [6.07, 6.45) is 1.37. The van der Waals surface area contributed by atoms with Crippen LogP contribution in [0, 0.1) is 0 Å². The van der Waals surface area contributed by atoms with Crippen LogP contribution in [0.1, 0.15) is 13.8 Å². The third-order valence-corrected chi connectivity index (χ3v) is 5.27. The van der Waals surface area contributed by atoms with E-state index in [1.807, 2.05) is 0 Å². The van der Waals surface area contributed by atoms with Gasteiger partial charge >= 0.3 is 0 Å². The number of nitrogen functional groups attached to an aromatic ring is 1. The van der Waals surface area contributed by atoms with Crippen molar-refractivity contribution >= 4 is 21.6 Å². The molecule has 2 rings (SSSR count). The Kier molecular flexibility index (Phi) is 3.67. The highest BCUT2D eigenvalue weighted by molar-refractivity contribution is 7.89. The van der Waals surface area contributed by atoms with Crippen molar-refractivity contribution in [1.29, 1.82) is 0 Å². The lowest BCUT2D eigenvalue weighted by Gasteiger charge is -2.39. The number of hydrogen-bond acceptors (Lipinski definition) is 6. The van der Waals surface area contributed by atoms with E-state index in [0.717, 1.165) is 4.31 Å². The van der Waals surface area contributed by atoms with Gasteiger partial charge in [-0.15, -0.1) is 0 Å². The molecule has 2 heterocycles. The molecule has 1 fully saturated rings. The minimum atomic E-state index is -3.93. The van der Waals surface area contributed by atoms with Gasteiger partial charge in [-0.05, 0) is 26.0 Å². The topological polar surface area (TPSA) is 117 Å². The first-order chi connectivity index (χ1) is 9.31. The van der Waals surface area contributed by atoms with Crippen LogP contribution in [0.5, 0.6) is 0 Å². The molecule has 4 N–H and O–H groups in total. The number of piperazine rings is 1. The number of hydrogen-bond donors (Lipinski definition) is 3. The van der Waals surface area contributed by atoms with Gasteiger partial charge in [-0.3, -0.25) is 10.6 Å². The quantitative estimate of drug-likeness (QED) is 0.500. The van der Waals surface area contributed by atoms with Gasteiger partial charge in [0, 0.05) is 19.3 Å². The molecule has 1 aliphatic rings. The van der Waals surface area contributed by atoms with Crippen molar-refractivity contribution in [2.45, 2.75) is 24.4 Å². The Labute approximate surface area is 117 Å². The number of rotatable bonds is 3. The Morgan fingerprint density at radius 3 is 2.85 bits per heavy atom. The number of pyridine rings is 1. The molecule has 0 radical (unpaired) electrons. The number of anilines is 1. The predicted octanol–water partition coefficient (Wildman–Crippen LogP) is -0.734. The first kappa shape index (κ1) is 14.7. The van der Waals surface area contributed by atoms with Gasteiger partial charge in [0.15, 0.2) is 5.03 Å². The minimum Gasteiger partial charge on any atom is -0.353 e. The second kappa shape index (κ2) is 5.00. The average Bonchev–Trinajstić information content (AvgIpc) is 2.41. The van der Waals surface area contributed by atoms with Crippen molar-refractivity contribution < 1.29 is 13.2 Å². The largest absolute Gasteiger partial charge is 0.353 e. The zero-order valence-electron chi connectivity index (χ0n) is 11.3. The monoisotopic (exact) mass is 299 g/mol. The van der Waals surface area contributed by atoms with E-state index < -0.39 is 15.6 Å². The van der Waals surface area contributed by atoms with Gasteiger partial charge in [-0.1, -0.05) is 0 Å². The fourth-order valence-corrected chi connectivity index (χ4v) is 3.93. The third-order valence-electron chi connectivity index (χ3n) is 3.24. The fraction of sp³-hybridized carbons (Fsp3) is 0.455. The number of amides is 1. The molecule has 0 spiro atoms. The average molecular weight is 299 g/mol. The van der Waals surface area contributed by atoms with Crippen molar-refractivity contribution in [3.8, 4) is 0 Å². The Morgan fingerprint density at radius 1 is 1.50 bits per heavy atom. The fourth-order valence-electron chi connectivity index (χ4n) is 2.11. The summed E-state index contributed by atoms with van der Waals surface area (Å²) in [4.78, 5) is 15.8. The zero-order valence-corrected chi connectivity index (χ0v) is 12.1. The maximum Gasteiger partial charge on any atom is 0.263 e. The number of carbonyl (C=O) groups excluding carboxylic acids is 1. The van der Waals surface area contributed by atoms with Crippen LogP contribution in [0.25, 0.3) is 0 Å². The molecule has 0 atom stereocenters. The Hall–Kier alpha value is -1.71. The molecular formula is C11H17N5O3S. The maximum atomic E-state index is 12.7. The molecule has 0 unspecified atom stereocenters. The van der Waals surface area contributed by atoms with Crippen LogP contribution < -0.4 is 16.6 Å². The van der Waals surface area contributed by atoms with E-state index in [4.69, 9.17) is 5.84 Å². The summed E-state index contributed by atoms with van der Waals surface area (Å²) in [5.74, 6) is 4.98. The summed E-state index contributed by atoms with van der Waals surface area (Å²) in [5.41, 5.74) is 1.32. The van der Waals surface area contributed by atoms with Crippen LogP contribution in [0.4, 0.5) is 5.69 Å². The van der Waals surface area contributed by atoms with Gasteiger partial charge in [0.05, 0.1) is 5.69 Å². The SMILES string of the molecule is CC1(C)C(=O)NCCN1S(=O)(=O)c1ncccc1NN. The highest BCUT2D eigenvalue weighted by Crippen LogP contribution is 2.28. The number of sulfonamides is 1. The third kappa shape index (κ3) is 2.23. The molecule has 9 heteroatoms. The maximum absolute atomic E-state index is 12.7. The van der Waals surface area contributed by atoms with Gasteiger partial charge < -0.3 is 10.7 Å². The molecule has 1 amide bonds. The van der Waals surface area contributed by atoms with Crippen LogP contribution in [0.3, 0.4) is 0 Å². The molecule has 110 valence electrons. The van der Waals surface area contributed by atoms with Crippen LogP contribution in [0.15, 0.2) is 23.4 Å². The highest BCUT2D eigenvalue weighted by atomic mass is 32.2. The molecule has 1 aromatic heterocycles. The van der Waals surface area contributed by atoms with E-state index in [1.165, 1.54) is 12.3 Å². The molecular weight excluding hydrogens is 282 g/mol. The van der Waals surface area contributed by atoms with Crippen molar-refractivity contribution in [3.63, 3.8) is 0 Å². The number of nitrogens with one attached hydrogen (secondary N) is 2. The van der Waals surface area contributed by atoms with Crippen molar-refractivity contribution in [2.24, 2.45) is 5.84 Å². The number of nitrogens with two attached hydrogens (primary N) is 1. The standard InChI is InChI=1S/C11H17N5O3S/c1-11(2)10(17)14-6-7-16(11)20(18,19)9-8(15-12)4-3-5-13-9/h3-5,15H,6-7,12H2,1-2H3,(H,14,17). The summed E-state index contributed by atoms with van der Waals surface area (Å²) >= 11 is 0. The molecule has 0 bridgehead atoms. The van der Waals surface area contributed by atoms with E-state index in [9.17, 15) is 13.2 Å². The Balaban J connectivity index is 2.52. The first-order valence-electron chi connectivity index (χ1n) is 6.04. The van der Waals surface area contributed by atoms with E-state index in [2.05, 4.69) is 15.7 Å². The smallest absolute Gasteiger partial charge is 0.263 e. The summed E-state index contributed by atoms with van der Waals surface area (Å²) in [5, 5.41) is 2.46. The van der Waals surface area contributed by atoms with Crippen molar-refractivity contribution in [1.82, 2.24) is 14.6 Å². The van der Waals surface area contributed by atoms with Crippen molar-refractivity contribution in [2.75, 3.05) is 18.5 Å². The lowest BCUT2D eigenvalue weighted by atomic mass is 10.0. The van der Waals surface area contributed by atoms with E-state index in [1.54, 1.807) is 19.9 Å². The Morgan fingerprint density at radius 2 is 2.20 bits per heavy atom. The van der Waals surface area contributed by atoms with Crippen LogP contribution in [-0.4, -0.2) is 42.2 Å². The molecule has 8 nitrogen and oxygen atoms in total. The zero-order chi connectivity index (χ0) is 15.0. The van der Waals surface area contributed by atoms with Crippen LogP contribution >= 0.6 is 0 Å². The van der Waals surface area contributed by atoms with E-state index >= 15 is 0 Å². The summed E-state index contributed by atoms with van der Waals surface area (Å²) < 4.78 is 26.6. The first-order valence-corrected chi connectivity index (χ1v) is 7.48. The molecule has 0 aromatic carbocycles. The highest BCUT2D eigenvalue weighted by Gasteiger charge is 2.46. The second-order valence-electron chi connectivity index (χ2n) is 4.89. The summed E-state index contributed by atoms with van der Waals surface area (Å²) in [6.45, 7) is 3.55. The van der Waals surface area contributed by atoms with Gasteiger partial charge in [-0.25, -0.2) is 13.4 Å². The molecule has 0 saturated carbocycles. The summed E-state index contributed by atoms with van der Waals surface area (Å²) in [6, 6.07) is 3.08. The molecule has 0 aliphatic carbocycles. The van der Waals surface area contributed by atoms with Gasteiger partial charge in [0.25, 0.3) is 10.0 Å². The lowest BCUT2D eigenvalue weighted by Crippen LogP contribution is -2.63. The molecule has 20 heavy (non-hydrogen) atoms. The number of aromatic nitrogens is 1. The van der Waals surface area contributed by atoms with Crippen molar-refractivity contribution in [3.05, 3.63) is 18.3 Å². The van der Waals surface area contributed by atoms with Gasteiger partial charge in [-0.2, -0.15) is 4.31 Å². The van der Waals surface area contributed by atoms with Crippen LogP contribution in [0.2, 0.25) is 0 Å². The number of hydrazine groups is 1.